The number of H-pyrrole nitrogens is 1. The van der Waals surface area contributed by atoms with Crippen LogP contribution in [-0.2, 0) is 11.2 Å². The summed E-state index contributed by atoms with van der Waals surface area (Å²) in [4.78, 5) is 19.7. The monoisotopic (exact) mass is 290 g/mol. The zero-order valence-electron chi connectivity index (χ0n) is 12.8. The number of aromatic amines is 1. The molecule has 0 aliphatic carbocycles. The molecule has 21 heavy (non-hydrogen) atoms. The van der Waals surface area contributed by atoms with Crippen molar-refractivity contribution in [1.82, 2.24) is 19.7 Å². The van der Waals surface area contributed by atoms with E-state index in [0.717, 1.165) is 31.9 Å². The predicted molar refractivity (Wildman–Crippen MR) is 80.3 cm³/mol. The number of fused-ring (bicyclic) bond motifs is 1. The van der Waals surface area contributed by atoms with Crippen molar-refractivity contribution in [2.75, 3.05) is 13.2 Å². The van der Waals surface area contributed by atoms with Crippen LogP contribution in [-0.4, -0.2) is 33.0 Å². The first-order chi connectivity index (χ1) is 10.1. The van der Waals surface area contributed by atoms with Crippen molar-refractivity contribution in [2.24, 2.45) is 11.8 Å². The van der Waals surface area contributed by atoms with Crippen molar-refractivity contribution in [3.63, 3.8) is 0 Å². The fraction of sp³-hybridized carbons (Fsp3) is 0.667. The standard InChI is InChI=1S/C15H22N4O2/c1-9(2)6-13-17-14-11(15(20)18-13)7-16-19(14)12-4-5-21-8-10(12)3/h7,9-10,12H,4-6,8H2,1-3H3,(H,17,18,20). The molecule has 0 spiro atoms. The topological polar surface area (TPSA) is 72.8 Å². The molecule has 3 heterocycles. The second-order valence-corrected chi connectivity index (χ2v) is 6.35. The molecule has 0 bridgehead atoms. The fourth-order valence-electron chi connectivity index (χ4n) is 2.94. The first-order valence-corrected chi connectivity index (χ1v) is 7.60. The lowest BCUT2D eigenvalue weighted by atomic mass is 9.98. The Labute approximate surface area is 123 Å². The van der Waals surface area contributed by atoms with Crippen molar-refractivity contribution >= 4 is 11.0 Å². The second kappa shape index (κ2) is 5.60. The van der Waals surface area contributed by atoms with E-state index in [9.17, 15) is 4.79 Å². The summed E-state index contributed by atoms with van der Waals surface area (Å²) in [6.07, 6.45) is 3.30. The normalized spacial score (nSPS) is 23.0. The van der Waals surface area contributed by atoms with Gasteiger partial charge in [0.1, 0.15) is 11.2 Å². The number of rotatable bonds is 3. The van der Waals surface area contributed by atoms with Gasteiger partial charge in [0.15, 0.2) is 5.65 Å². The van der Waals surface area contributed by atoms with Crippen molar-refractivity contribution in [2.45, 2.75) is 39.7 Å². The lowest BCUT2D eigenvalue weighted by molar-refractivity contribution is 0.0262. The van der Waals surface area contributed by atoms with Gasteiger partial charge in [0, 0.05) is 18.9 Å². The van der Waals surface area contributed by atoms with Crippen molar-refractivity contribution in [1.29, 1.82) is 0 Å². The number of aromatic nitrogens is 4. The Morgan fingerprint density at radius 2 is 2.33 bits per heavy atom. The molecule has 1 fully saturated rings. The van der Waals surface area contributed by atoms with Gasteiger partial charge in [-0.25, -0.2) is 9.67 Å². The molecule has 2 unspecified atom stereocenters. The third-order valence-electron chi connectivity index (χ3n) is 4.02. The Morgan fingerprint density at radius 3 is 3.05 bits per heavy atom. The van der Waals surface area contributed by atoms with Crippen LogP contribution in [0, 0.1) is 11.8 Å². The highest BCUT2D eigenvalue weighted by Gasteiger charge is 2.26. The highest BCUT2D eigenvalue weighted by atomic mass is 16.5. The summed E-state index contributed by atoms with van der Waals surface area (Å²) in [6.45, 7) is 7.84. The number of ether oxygens (including phenoxy) is 1. The molecule has 6 heteroatoms. The van der Waals surface area contributed by atoms with E-state index in [1.165, 1.54) is 0 Å². The van der Waals surface area contributed by atoms with Crippen LogP contribution in [0.25, 0.3) is 11.0 Å². The van der Waals surface area contributed by atoms with E-state index < -0.39 is 0 Å². The predicted octanol–water partition coefficient (Wildman–Crippen LogP) is 1.92. The average molecular weight is 290 g/mol. The van der Waals surface area contributed by atoms with E-state index in [2.05, 4.69) is 35.8 Å². The SMILES string of the molecule is CC(C)Cc1nc2c(cnn2C2CCOCC2C)c(=O)[nH]1. The molecule has 3 rings (SSSR count). The number of nitrogens with zero attached hydrogens (tertiary/aromatic N) is 3. The molecule has 1 saturated heterocycles. The van der Waals surface area contributed by atoms with Gasteiger partial charge < -0.3 is 9.72 Å². The molecule has 2 aromatic rings. The van der Waals surface area contributed by atoms with Crippen LogP contribution in [0.15, 0.2) is 11.0 Å². The Morgan fingerprint density at radius 1 is 1.52 bits per heavy atom. The summed E-state index contributed by atoms with van der Waals surface area (Å²) in [5.41, 5.74) is 0.606. The highest BCUT2D eigenvalue weighted by Crippen LogP contribution is 2.28. The maximum atomic E-state index is 12.2. The summed E-state index contributed by atoms with van der Waals surface area (Å²) in [5, 5.41) is 5.00. The van der Waals surface area contributed by atoms with E-state index >= 15 is 0 Å². The largest absolute Gasteiger partial charge is 0.381 e. The van der Waals surface area contributed by atoms with E-state index in [0.29, 0.717) is 22.9 Å². The smallest absolute Gasteiger partial charge is 0.262 e. The van der Waals surface area contributed by atoms with Gasteiger partial charge in [-0.3, -0.25) is 4.79 Å². The minimum atomic E-state index is -0.0957. The van der Waals surface area contributed by atoms with Crippen LogP contribution >= 0.6 is 0 Å². The number of hydrogen-bond donors (Lipinski definition) is 1. The molecule has 1 aliphatic heterocycles. The van der Waals surface area contributed by atoms with Gasteiger partial charge in [0.2, 0.25) is 0 Å². The molecule has 1 aliphatic rings. The molecular formula is C15H22N4O2. The minimum absolute atomic E-state index is 0.0957. The van der Waals surface area contributed by atoms with Crippen molar-refractivity contribution < 1.29 is 4.74 Å². The third kappa shape index (κ3) is 2.72. The van der Waals surface area contributed by atoms with E-state index in [-0.39, 0.29) is 11.6 Å². The Balaban J connectivity index is 2.07. The summed E-state index contributed by atoms with van der Waals surface area (Å²) in [6, 6.07) is 0.248. The second-order valence-electron chi connectivity index (χ2n) is 6.35. The lowest BCUT2D eigenvalue weighted by Gasteiger charge is -2.29. The molecular weight excluding hydrogens is 268 g/mol. The third-order valence-corrected chi connectivity index (χ3v) is 4.02. The van der Waals surface area contributed by atoms with E-state index in [4.69, 9.17) is 4.74 Å². The molecule has 0 radical (unpaired) electrons. The molecule has 1 N–H and O–H groups in total. The summed E-state index contributed by atoms with van der Waals surface area (Å²) in [5.74, 6) is 1.56. The summed E-state index contributed by atoms with van der Waals surface area (Å²) in [7, 11) is 0. The first-order valence-electron chi connectivity index (χ1n) is 7.60. The maximum absolute atomic E-state index is 12.2. The highest BCUT2D eigenvalue weighted by molar-refractivity contribution is 5.73. The van der Waals surface area contributed by atoms with Gasteiger partial charge in [0.25, 0.3) is 5.56 Å². The van der Waals surface area contributed by atoms with Crippen molar-refractivity contribution in [3.05, 3.63) is 22.4 Å². The zero-order valence-corrected chi connectivity index (χ0v) is 12.8. The Hall–Kier alpha value is -1.69. The molecule has 0 aromatic carbocycles. The van der Waals surface area contributed by atoms with Gasteiger partial charge in [-0.15, -0.1) is 0 Å². The van der Waals surface area contributed by atoms with E-state index in [1.54, 1.807) is 6.20 Å². The summed E-state index contributed by atoms with van der Waals surface area (Å²) >= 11 is 0. The zero-order chi connectivity index (χ0) is 15.0. The van der Waals surface area contributed by atoms with Crippen LogP contribution in [0.2, 0.25) is 0 Å². The van der Waals surface area contributed by atoms with Gasteiger partial charge >= 0.3 is 0 Å². The fourth-order valence-corrected chi connectivity index (χ4v) is 2.94. The van der Waals surface area contributed by atoms with Gasteiger partial charge in [0.05, 0.1) is 18.8 Å². The Kier molecular flexibility index (Phi) is 3.80. The number of hydrogen-bond acceptors (Lipinski definition) is 4. The van der Waals surface area contributed by atoms with Crippen LogP contribution in [0.5, 0.6) is 0 Å². The molecule has 6 nitrogen and oxygen atoms in total. The lowest BCUT2D eigenvalue weighted by Crippen LogP contribution is -2.29. The average Bonchev–Trinajstić information content (AvgIpc) is 2.83. The van der Waals surface area contributed by atoms with Crippen LogP contribution in [0.1, 0.15) is 39.1 Å². The molecule has 0 saturated carbocycles. The van der Waals surface area contributed by atoms with E-state index in [1.807, 2.05) is 4.68 Å². The molecule has 2 atom stereocenters. The maximum Gasteiger partial charge on any atom is 0.262 e. The van der Waals surface area contributed by atoms with Gasteiger partial charge in [-0.05, 0) is 12.3 Å². The van der Waals surface area contributed by atoms with Crippen LogP contribution in [0.4, 0.5) is 0 Å². The first kappa shape index (κ1) is 14.3. The van der Waals surface area contributed by atoms with Crippen molar-refractivity contribution in [3.8, 4) is 0 Å². The minimum Gasteiger partial charge on any atom is -0.381 e. The number of nitrogens with one attached hydrogen (secondary N) is 1. The quantitative estimate of drug-likeness (QED) is 0.937. The molecule has 2 aromatic heterocycles. The van der Waals surface area contributed by atoms with Gasteiger partial charge in [-0.1, -0.05) is 20.8 Å². The summed E-state index contributed by atoms with van der Waals surface area (Å²) < 4.78 is 7.41. The van der Waals surface area contributed by atoms with Crippen LogP contribution in [0.3, 0.4) is 0 Å². The van der Waals surface area contributed by atoms with Gasteiger partial charge in [-0.2, -0.15) is 5.10 Å². The molecule has 114 valence electrons. The molecule has 0 amide bonds. The van der Waals surface area contributed by atoms with Crippen LogP contribution < -0.4 is 5.56 Å². The Bertz CT molecular complexity index is 689.